The van der Waals surface area contributed by atoms with Gasteiger partial charge in [0.2, 0.25) is 15.9 Å². The summed E-state index contributed by atoms with van der Waals surface area (Å²) in [6.45, 7) is 2.83. The smallest absolute Gasteiger partial charge is 0.243 e. The van der Waals surface area contributed by atoms with Gasteiger partial charge in [0.25, 0.3) is 0 Å². The summed E-state index contributed by atoms with van der Waals surface area (Å²) < 4.78 is 32.1. The number of likely N-dealkylation sites (N-methyl/N-ethyl adjacent to an activating group) is 1. The molecule has 0 radical (unpaired) electrons. The molecule has 0 spiro atoms. The van der Waals surface area contributed by atoms with Crippen LogP contribution in [0.1, 0.15) is 11.1 Å². The molecule has 1 aliphatic heterocycles. The lowest BCUT2D eigenvalue weighted by Crippen LogP contribution is -2.40. The Morgan fingerprint density at radius 2 is 1.49 bits per heavy atom. The van der Waals surface area contributed by atoms with Crippen molar-refractivity contribution in [2.75, 3.05) is 39.9 Å². The minimum Gasteiger partial charge on any atom is -0.379 e. The molecular weight excluding hydrogens is 462 g/mol. The van der Waals surface area contributed by atoms with E-state index in [1.54, 1.807) is 24.3 Å². The van der Waals surface area contributed by atoms with E-state index in [9.17, 15) is 13.2 Å². The van der Waals surface area contributed by atoms with Crippen molar-refractivity contribution in [2.24, 2.45) is 0 Å². The van der Waals surface area contributed by atoms with Gasteiger partial charge in [0.1, 0.15) is 0 Å². The van der Waals surface area contributed by atoms with Crippen LogP contribution in [0, 0.1) is 0 Å². The summed E-state index contributed by atoms with van der Waals surface area (Å²) in [5.74, 6) is -0.0848. The molecule has 1 saturated heterocycles. The molecule has 0 atom stereocenters. The van der Waals surface area contributed by atoms with Gasteiger partial charge in [-0.2, -0.15) is 4.31 Å². The lowest BCUT2D eigenvalue weighted by Gasteiger charge is -2.26. The lowest BCUT2D eigenvalue weighted by molar-refractivity contribution is -0.122. The molecule has 35 heavy (non-hydrogen) atoms. The number of hydrogen-bond donors (Lipinski definition) is 1. The summed E-state index contributed by atoms with van der Waals surface area (Å²) in [7, 11) is -1.60. The highest BCUT2D eigenvalue weighted by Gasteiger charge is 2.26. The molecule has 184 valence electrons. The van der Waals surface area contributed by atoms with Crippen LogP contribution in [0.3, 0.4) is 0 Å². The standard InChI is InChI=1S/C27H31N3O4S/c1-29(20-23-7-11-25(12-8-23)24-5-3-2-4-6-24)21-27(31)28-19-22-9-13-26(14-10-22)35(32,33)30-15-17-34-18-16-30/h2-14H,15-21H2,1H3,(H,28,31). The Bertz CT molecular complexity index is 1210. The van der Waals surface area contributed by atoms with Crippen LogP contribution in [-0.2, 0) is 32.6 Å². The Labute approximate surface area is 207 Å². The van der Waals surface area contributed by atoms with Crippen molar-refractivity contribution in [3.05, 3.63) is 90.0 Å². The predicted molar refractivity (Wildman–Crippen MR) is 136 cm³/mol. The van der Waals surface area contributed by atoms with Gasteiger partial charge in [-0.1, -0.05) is 66.7 Å². The quantitative estimate of drug-likeness (QED) is 0.496. The summed E-state index contributed by atoms with van der Waals surface area (Å²) in [5, 5.41) is 2.91. The number of carbonyl (C=O) groups excluding carboxylic acids is 1. The Balaban J connectivity index is 1.24. The maximum absolute atomic E-state index is 12.7. The molecule has 1 N–H and O–H groups in total. The highest BCUT2D eigenvalue weighted by molar-refractivity contribution is 7.89. The third kappa shape index (κ3) is 6.76. The molecule has 4 rings (SSSR count). The molecular formula is C27H31N3O4S. The van der Waals surface area contributed by atoms with Gasteiger partial charge in [-0.05, 0) is 41.4 Å². The SMILES string of the molecule is CN(CC(=O)NCc1ccc(S(=O)(=O)N2CCOCC2)cc1)Cc1ccc(-c2ccccc2)cc1. The maximum atomic E-state index is 12.7. The fraction of sp³-hybridized carbons (Fsp3) is 0.296. The molecule has 1 heterocycles. The molecule has 3 aromatic rings. The van der Waals surface area contributed by atoms with Gasteiger partial charge < -0.3 is 10.1 Å². The highest BCUT2D eigenvalue weighted by atomic mass is 32.2. The van der Waals surface area contributed by atoms with E-state index in [0.717, 1.165) is 11.1 Å². The predicted octanol–water partition coefficient (Wildman–Crippen LogP) is 3.12. The first-order valence-electron chi connectivity index (χ1n) is 11.7. The largest absolute Gasteiger partial charge is 0.379 e. The number of sulfonamides is 1. The fourth-order valence-corrected chi connectivity index (χ4v) is 5.43. The van der Waals surface area contributed by atoms with Gasteiger partial charge >= 0.3 is 0 Å². The average molecular weight is 494 g/mol. The van der Waals surface area contributed by atoms with Crippen LogP contribution in [0.5, 0.6) is 0 Å². The first-order chi connectivity index (χ1) is 16.9. The minimum absolute atomic E-state index is 0.0848. The number of morpholine rings is 1. The molecule has 0 saturated carbocycles. The highest BCUT2D eigenvalue weighted by Crippen LogP contribution is 2.20. The number of nitrogens with zero attached hydrogens (tertiary/aromatic N) is 2. The topological polar surface area (TPSA) is 79.0 Å². The van der Waals surface area contributed by atoms with Crippen LogP contribution in [0.4, 0.5) is 0 Å². The van der Waals surface area contributed by atoms with E-state index < -0.39 is 10.0 Å². The van der Waals surface area contributed by atoms with E-state index in [2.05, 4.69) is 41.7 Å². The second-order valence-electron chi connectivity index (χ2n) is 8.67. The number of ether oxygens (including phenoxy) is 1. The summed E-state index contributed by atoms with van der Waals surface area (Å²) in [5.41, 5.74) is 4.33. The number of rotatable bonds is 9. The minimum atomic E-state index is -3.52. The zero-order chi connectivity index (χ0) is 24.7. The Morgan fingerprint density at radius 3 is 2.14 bits per heavy atom. The molecule has 0 aromatic heterocycles. The van der Waals surface area contributed by atoms with Gasteiger partial charge in [0.05, 0.1) is 24.7 Å². The summed E-state index contributed by atoms with van der Waals surface area (Å²) in [6.07, 6.45) is 0. The van der Waals surface area contributed by atoms with Crippen molar-refractivity contribution < 1.29 is 17.9 Å². The first kappa shape index (κ1) is 25.1. The third-order valence-corrected chi connectivity index (χ3v) is 7.86. The normalized spacial score (nSPS) is 14.7. The number of benzene rings is 3. The molecule has 1 fully saturated rings. The molecule has 0 aliphatic carbocycles. The van der Waals surface area contributed by atoms with E-state index >= 15 is 0 Å². The zero-order valence-electron chi connectivity index (χ0n) is 19.9. The van der Waals surface area contributed by atoms with Crippen LogP contribution in [-0.4, -0.2) is 63.4 Å². The average Bonchev–Trinajstić information content (AvgIpc) is 2.89. The van der Waals surface area contributed by atoms with Crippen molar-refractivity contribution in [1.82, 2.24) is 14.5 Å². The summed E-state index contributed by atoms with van der Waals surface area (Å²) in [4.78, 5) is 14.6. The zero-order valence-corrected chi connectivity index (χ0v) is 20.7. The van der Waals surface area contributed by atoms with Crippen LogP contribution in [0.25, 0.3) is 11.1 Å². The lowest BCUT2D eigenvalue weighted by atomic mass is 10.0. The molecule has 0 unspecified atom stereocenters. The number of nitrogens with one attached hydrogen (secondary N) is 1. The first-order valence-corrected chi connectivity index (χ1v) is 13.1. The molecule has 8 heteroatoms. The van der Waals surface area contributed by atoms with Gasteiger partial charge in [-0.15, -0.1) is 0 Å². The number of amides is 1. The van der Waals surface area contributed by atoms with E-state index in [4.69, 9.17) is 4.74 Å². The van der Waals surface area contributed by atoms with E-state index in [-0.39, 0.29) is 17.3 Å². The molecule has 1 amide bonds. The van der Waals surface area contributed by atoms with Gasteiger partial charge in [0, 0.05) is 26.2 Å². The van der Waals surface area contributed by atoms with Crippen molar-refractivity contribution in [3.8, 4) is 11.1 Å². The van der Waals surface area contributed by atoms with Crippen molar-refractivity contribution in [1.29, 1.82) is 0 Å². The Morgan fingerprint density at radius 1 is 0.886 bits per heavy atom. The molecule has 3 aromatic carbocycles. The van der Waals surface area contributed by atoms with Crippen molar-refractivity contribution in [2.45, 2.75) is 18.0 Å². The van der Waals surface area contributed by atoms with Crippen LogP contribution in [0.2, 0.25) is 0 Å². The maximum Gasteiger partial charge on any atom is 0.243 e. The molecule has 0 bridgehead atoms. The molecule has 7 nitrogen and oxygen atoms in total. The third-order valence-electron chi connectivity index (χ3n) is 5.95. The van der Waals surface area contributed by atoms with Gasteiger partial charge in [0.15, 0.2) is 0 Å². The van der Waals surface area contributed by atoms with Crippen molar-refractivity contribution in [3.63, 3.8) is 0 Å². The Hall–Kier alpha value is -3.04. The summed E-state index contributed by atoms with van der Waals surface area (Å²) >= 11 is 0. The van der Waals surface area contributed by atoms with Gasteiger partial charge in [-0.3, -0.25) is 9.69 Å². The van der Waals surface area contributed by atoms with Gasteiger partial charge in [-0.25, -0.2) is 8.42 Å². The second-order valence-corrected chi connectivity index (χ2v) is 10.6. The van der Waals surface area contributed by atoms with E-state index in [1.807, 2.05) is 30.1 Å². The Kier molecular flexibility index (Phi) is 8.30. The van der Waals surface area contributed by atoms with Crippen LogP contribution < -0.4 is 5.32 Å². The van der Waals surface area contributed by atoms with Crippen LogP contribution >= 0.6 is 0 Å². The second kappa shape index (κ2) is 11.6. The number of carbonyl (C=O) groups is 1. The van der Waals surface area contributed by atoms with E-state index in [1.165, 1.54) is 15.4 Å². The molecule has 1 aliphatic rings. The van der Waals surface area contributed by atoms with Crippen molar-refractivity contribution >= 4 is 15.9 Å². The monoisotopic (exact) mass is 493 g/mol. The van der Waals surface area contributed by atoms with Crippen LogP contribution in [0.15, 0.2) is 83.8 Å². The van der Waals surface area contributed by atoms with E-state index in [0.29, 0.717) is 39.4 Å². The summed E-state index contributed by atoms with van der Waals surface area (Å²) in [6, 6.07) is 25.3. The fourth-order valence-electron chi connectivity index (χ4n) is 4.02. The number of hydrogen-bond acceptors (Lipinski definition) is 5.